The summed E-state index contributed by atoms with van der Waals surface area (Å²) in [4.78, 5) is 0. The number of hydrogen-bond acceptors (Lipinski definition) is 2. The molecule has 0 heterocycles. The van der Waals surface area contributed by atoms with E-state index >= 15 is 0 Å². The van der Waals surface area contributed by atoms with Crippen LogP contribution in [-0.4, -0.2) is 13.7 Å². The molecule has 0 bridgehead atoms. The summed E-state index contributed by atoms with van der Waals surface area (Å²) in [5.41, 5.74) is 10.9. The molecule has 0 atom stereocenters. The number of aryl methyl sites for hydroxylation is 1. The van der Waals surface area contributed by atoms with Gasteiger partial charge in [-0.15, -0.1) is 0 Å². The Labute approximate surface area is 116 Å². The summed E-state index contributed by atoms with van der Waals surface area (Å²) < 4.78 is 5.68. The summed E-state index contributed by atoms with van der Waals surface area (Å²) in [6.07, 6.45) is 10.2. The monoisotopic (exact) mass is 259 g/mol. The van der Waals surface area contributed by atoms with Gasteiger partial charge in [-0.05, 0) is 55.7 Å². The molecule has 1 fully saturated rings. The van der Waals surface area contributed by atoms with E-state index in [2.05, 4.69) is 12.1 Å². The minimum atomic E-state index is 0.209. The molecule has 0 aliphatic heterocycles. The van der Waals surface area contributed by atoms with Crippen molar-refractivity contribution in [2.45, 2.75) is 56.8 Å². The maximum Gasteiger partial charge on any atom is 0.122 e. The quantitative estimate of drug-likeness (QED) is 0.845. The van der Waals surface area contributed by atoms with Crippen molar-refractivity contribution in [1.82, 2.24) is 0 Å². The first kappa shape index (κ1) is 13.0. The van der Waals surface area contributed by atoms with E-state index in [1.165, 1.54) is 56.9 Å². The average Bonchev–Trinajstić information content (AvgIpc) is 2.63. The van der Waals surface area contributed by atoms with Gasteiger partial charge >= 0.3 is 0 Å². The maximum absolute atomic E-state index is 6.14. The zero-order chi connectivity index (χ0) is 13.3. The summed E-state index contributed by atoms with van der Waals surface area (Å²) in [6.45, 7) is 0.764. The van der Waals surface area contributed by atoms with E-state index in [1.807, 2.05) is 0 Å². The topological polar surface area (TPSA) is 35.2 Å². The number of methoxy groups -OCH3 is 1. The zero-order valence-corrected chi connectivity index (χ0v) is 12.0. The van der Waals surface area contributed by atoms with Crippen LogP contribution in [0.5, 0.6) is 5.75 Å². The molecule has 3 rings (SSSR count). The summed E-state index contributed by atoms with van der Waals surface area (Å²) >= 11 is 0. The van der Waals surface area contributed by atoms with Crippen molar-refractivity contribution in [2.75, 3.05) is 13.7 Å². The van der Waals surface area contributed by atoms with Crippen LogP contribution in [0.3, 0.4) is 0 Å². The molecule has 19 heavy (non-hydrogen) atoms. The second-order valence-corrected chi connectivity index (χ2v) is 6.18. The fraction of sp³-hybridized carbons (Fsp3) is 0.647. The Hall–Kier alpha value is -1.02. The van der Waals surface area contributed by atoms with Gasteiger partial charge in [0.15, 0.2) is 0 Å². The van der Waals surface area contributed by atoms with Gasteiger partial charge in [-0.2, -0.15) is 0 Å². The molecular formula is C17H25NO. The van der Waals surface area contributed by atoms with E-state index in [4.69, 9.17) is 10.5 Å². The van der Waals surface area contributed by atoms with Gasteiger partial charge in [0.2, 0.25) is 0 Å². The van der Waals surface area contributed by atoms with Crippen molar-refractivity contribution >= 4 is 0 Å². The van der Waals surface area contributed by atoms with Crippen molar-refractivity contribution < 1.29 is 4.74 Å². The lowest BCUT2D eigenvalue weighted by Crippen LogP contribution is -2.42. The highest BCUT2D eigenvalue weighted by Crippen LogP contribution is 2.49. The predicted octanol–water partition coefficient (Wildman–Crippen LogP) is 3.34. The number of ether oxygens (including phenoxy) is 1. The van der Waals surface area contributed by atoms with Crippen LogP contribution in [0.2, 0.25) is 0 Å². The Morgan fingerprint density at radius 1 is 1.11 bits per heavy atom. The molecule has 104 valence electrons. The Kier molecular flexibility index (Phi) is 3.53. The van der Waals surface area contributed by atoms with Crippen LogP contribution in [0.4, 0.5) is 0 Å². The molecule has 2 heteroatoms. The van der Waals surface area contributed by atoms with Crippen LogP contribution in [0, 0.1) is 0 Å². The van der Waals surface area contributed by atoms with Gasteiger partial charge in [0.25, 0.3) is 0 Å². The fourth-order valence-corrected chi connectivity index (χ4v) is 3.89. The second kappa shape index (κ2) is 5.16. The molecule has 0 aromatic heterocycles. The second-order valence-electron chi connectivity index (χ2n) is 6.18. The molecule has 0 unspecified atom stereocenters. The Morgan fingerprint density at radius 2 is 1.89 bits per heavy atom. The van der Waals surface area contributed by atoms with Crippen molar-refractivity contribution in [1.29, 1.82) is 0 Å². The van der Waals surface area contributed by atoms with Crippen LogP contribution < -0.4 is 10.5 Å². The normalized spacial score (nSPS) is 21.2. The van der Waals surface area contributed by atoms with E-state index in [1.54, 1.807) is 18.2 Å². The van der Waals surface area contributed by atoms with E-state index in [0.717, 1.165) is 12.3 Å². The van der Waals surface area contributed by atoms with E-state index in [9.17, 15) is 0 Å². The number of benzene rings is 1. The third-order valence-electron chi connectivity index (χ3n) is 5.20. The Balaban J connectivity index is 2.14. The first-order valence-corrected chi connectivity index (χ1v) is 7.70. The third-order valence-corrected chi connectivity index (χ3v) is 5.20. The van der Waals surface area contributed by atoms with Crippen molar-refractivity contribution in [3.8, 4) is 5.75 Å². The molecule has 2 N–H and O–H groups in total. The van der Waals surface area contributed by atoms with Crippen LogP contribution in [0.1, 0.15) is 55.2 Å². The third kappa shape index (κ3) is 2.06. The molecule has 1 aromatic rings. The van der Waals surface area contributed by atoms with Gasteiger partial charge in [0, 0.05) is 17.5 Å². The van der Waals surface area contributed by atoms with Gasteiger partial charge in [-0.25, -0.2) is 0 Å². The molecule has 0 saturated heterocycles. The summed E-state index contributed by atoms with van der Waals surface area (Å²) in [6, 6.07) is 4.46. The minimum Gasteiger partial charge on any atom is -0.496 e. The van der Waals surface area contributed by atoms with Crippen molar-refractivity contribution in [3.05, 3.63) is 28.8 Å². The molecule has 2 aliphatic rings. The van der Waals surface area contributed by atoms with E-state index in [0.29, 0.717) is 0 Å². The smallest absolute Gasteiger partial charge is 0.122 e. The lowest BCUT2D eigenvalue weighted by molar-refractivity contribution is 0.241. The zero-order valence-electron chi connectivity index (χ0n) is 12.0. The summed E-state index contributed by atoms with van der Waals surface area (Å²) in [5.74, 6) is 1.07. The lowest BCUT2D eigenvalue weighted by atomic mass is 9.62. The highest BCUT2D eigenvalue weighted by atomic mass is 16.5. The van der Waals surface area contributed by atoms with Gasteiger partial charge in [-0.3, -0.25) is 0 Å². The van der Waals surface area contributed by atoms with E-state index < -0.39 is 0 Å². The SMILES string of the molecule is COc1ccc2c(c1C1(CN)CCC1)CCCCC2. The number of rotatable bonds is 3. The summed E-state index contributed by atoms with van der Waals surface area (Å²) in [7, 11) is 1.80. The van der Waals surface area contributed by atoms with Gasteiger partial charge in [0.1, 0.15) is 5.75 Å². The standard InChI is InChI=1S/C17H25NO/c1-19-15-9-8-13-6-3-2-4-7-14(13)16(15)17(12-18)10-5-11-17/h8-9H,2-7,10-12,18H2,1H3. The summed E-state index contributed by atoms with van der Waals surface area (Å²) in [5, 5.41) is 0. The van der Waals surface area contributed by atoms with Crippen molar-refractivity contribution in [3.63, 3.8) is 0 Å². The molecule has 0 amide bonds. The maximum atomic E-state index is 6.14. The Bertz CT molecular complexity index is 457. The predicted molar refractivity (Wildman–Crippen MR) is 78.8 cm³/mol. The number of nitrogens with two attached hydrogens (primary N) is 1. The minimum absolute atomic E-state index is 0.209. The van der Waals surface area contributed by atoms with E-state index in [-0.39, 0.29) is 5.41 Å². The number of fused-ring (bicyclic) bond motifs is 1. The first-order valence-electron chi connectivity index (χ1n) is 7.70. The van der Waals surface area contributed by atoms with Crippen LogP contribution in [-0.2, 0) is 18.3 Å². The lowest BCUT2D eigenvalue weighted by Gasteiger charge is -2.43. The average molecular weight is 259 g/mol. The fourth-order valence-electron chi connectivity index (χ4n) is 3.89. The van der Waals surface area contributed by atoms with Crippen LogP contribution >= 0.6 is 0 Å². The van der Waals surface area contributed by atoms with Crippen LogP contribution in [0.25, 0.3) is 0 Å². The molecule has 0 spiro atoms. The first-order chi connectivity index (χ1) is 9.30. The highest BCUT2D eigenvalue weighted by molar-refractivity contribution is 5.51. The molecule has 0 radical (unpaired) electrons. The van der Waals surface area contributed by atoms with Crippen LogP contribution in [0.15, 0.2) is 12.1 Å². The highest BCUT2D eigenvalue weighted by Gasteiger charge is 2.41. The molecule has 1 saturated carbocycles. The molecule has 1 aromatic carbocycles. The largest absolute Gasteiger partial charge is 0.496 e. The number of hydrogen-bond donors (Lipinski definition) is 1. The molecule has 2 aliphatic carbocycles. The van der Waals surface area contributed by atoms with Gasteiger partial charge < -0.3 is 10.5 Å². The molecule has 2 nitrogen and oxygen atoms in total. The van der Waals surface area contributed by atoms with Gasteiger partial charge in [-0.1, -0.05) is 18.9 Å². The van der Waals surface area contributed by atoms with Crippen molar-refractivity contribution in [2.24, 2.45) is 5.73 Å². The Morgan fingerprint density at radius 3 is 2.53 bits per heavy atom. The van der Waals surface area contributed by atoms with Gasteiger partial charge in [0.05, 0.1) is 7.11 Å². The molecular weight excluding hydrogens is 234 g/mol.